The zero-order valence-electron chi connectivity index (χ0n) is 40.6. The van der Waals surface area contributed by atoms with Crippen LogP contribution < -0.4 is 0 Å². The Hall–Kier alpha value is -3.97. The Bertz CT molecular complexity index is 2160. The van der Waals surface area contributed by atoms with Crippen molar-refractivity contribution in [1.82, 2.24) is 9.97 Å². The fraction of sp³-hybridized carbons (Fsp3) is 0.642. The Kier molecular flexibility index (Phi) is 18.7. The highest BCUT2D eigenvalue weighted by atomic mass is 16.6. The van der Waals surface area contributed by atoms with Crippen LogP contribution in [0.1, 0.15) is 128 Å². The molecule has 0 amide bonds. The van der Waals surface area contributed by atoms with Gasteiger partial charge in [0, 0.05) is 56.3 Å². The van der Waals surface area contributed by atoms with Gasteiger partial charge in [-0.1, -0.05) is 74.7 Å². The molecule has 7 heterocycles. The van der Waals surface area contributed by atoms with E-state index in [1.165, 1.54) is 12.3 Å². The number of aliphatic hydroxyl groups is 5. The minimum atomic E-state index is -1.78. The number of allylic oxidation sites excluding steroid dienone is 2. The van der Waals surface area contributed by atoms with Crippen LogP contribution in [-0.4, -0.2) is 123 Å². The zero-order valence-corrected chi connectivity index (χ0v) is 40.6. The van der Waals surface area contributed by atoms with E-state index in [2.05, 4.69) is 11.6 Å². The van der Waals surface area contributed by atoms with Crippen molar-refractivity contribution >= 4 is 26.0 Å². The molecular formula is C53H73BN2O13. The predicted octanol–water partition coefficient (Wildman–Crippen LogP) is 7.01. The fourth-order valence-corrected chi connectivity index (χ4v) is 10.7. The Morgan fingerprint density at radius 3 is 2.55 bits per heavy atom. The maximum Gasteiger partial charge on any atom is 0.330 e. The zero-order chi connectivity index (χ0) is 49.2. The Labute approximate surface area is 407 Å². The molecule has 15 nitrogen and oxygen atoms in total. The van der Waals surface area contributed by atoms with E-state index < -0.39 is 48.4 Å². The molecule has 0 saturated carbocycles. The van der Waals surface area contributed by atoms with Gasteiger partial charge in [0.05, 0.1) is 63.1 Å². The molecule has 2 aromatic rings. The summed E-state index contributed by atoms with van der Waals surface area (Å²) in [4.78, 5) is 22.9. The molecule has 0 unspecified atom stereocenters. The average molecular weight is 957 g/mol. The second kappa shape index (κ2) is 24.4. The molecule has 16 heteroatoms. The third-order valence-electron chi connectivity index (χ3n) is 14.2. The van der Waals surface area contributed by atoms with Gasteiger partial charge in [-0.25, -0.2) is 14.8 Å². The number of oxazole rings is 2. The first-order valence-corrected chi connectivity index (χ1v) is 24.9. The number of aliphatic hydroxyl groups excluding tert-OH is 4. The van der Waals surface area contributed by atoms with Gasteiger partial charge in [0.25, 0.3) is 0 Å². The van der Waals surface area contributed by atoms with Crippen molar-refractivity contribution in [3.05, 3.63) is 95.4 Å². The molecular weight excluding hydrogens is 883 g/mol. The van der Waals surface area contributed by atoms with Crippen LogP contribution in [0.3, 0.4) is 0 Å². The molecule has 15 atom stereocenters. The molecule has 5 aliphatic rings. The summed E-state index contributed by atoms with van der Waals surface area (Å²) in [6.07, 6.45) is 18.9. The van der Waals surface area contributed by atoms with E-state index in [9.17, 15) is 30.3 Å². The second-order valence-corrected chi connectivity index (χ2v) is 20.2. The van der Waals surface area contributed by atoms with Crippen LogP contribution >= 0.6 is 0 Å². The normalized spacial score (nSPS) is 36.0. The van der Waals surface area contributed by atoms with Crippen LogP contribution in [0.2, 0.25) is 6.32 Å². The van der Waals surface area contributed by atoms with Crippen molar-refractivity contribution in [3.63, 3.8) is 0 Å². The monoisotopic (exact) mass is 957 g/mol. The largest absolute Gasteiger partial charge is 0.458 e. The minimum absolute atomic E-state index is 0.00380. The molecule has 7 rings (SSSR count). The fourth-order valence-electron chi connectivity index (χ4n) is 10.7. The number of carbonyl (C=O) groups is 1. The summed E-state index contributed by atoms with van der Waals surface area (Å²) < 4.78 is 43.9. The standard InChI is InChI=1S/C53H73BN2O13/c1-31(14-15-36(27-57)9-8-16-54)19-44(60)47-21-37(28-58)25-53(62,69-47)26-49-55-38(29-63-49)20-33(3)51-35(5)52-34(4)45(67-51)11-7-12-48-56-43(30-64-48)46-23-39(59)22-42(66-46)24-41-18-32(2)17-40(65-41)10-6-13-50(61)68-52/h6-7,12-15,19-20,29-30,34-37,39-42,44-47,51-52,57-60,62H,2,8-11,16-18,21-28H2,1,3-5H3/b12-7+,13-6-,15-14+,31-19+,33-20+/t34-,35-,36+,37+,39+,40-,41+,42-,44+,45+,46+,47+,51-,52-,53-/m0/s1. The third kappa shape index (κ3) is 14.6. The van der Waals surface area contributed by atoms with Crippen molar-refractivity contribution in [2.75, 3.05) is 13.2 Å². The molecule has 4 saturated heterocycles. The summed E-state index contributed by atoms with van der Waals surface area (Å²) in [5.74, 6) is -2.47. The highest BCUT2D eigenvalue weighted by Crippen LogP contribution is 2.40. The van der Waals surface area contributed by atoms with Gasteiger partial charge in [-0.05, 0) is 82.4 Å². The van der Waals surface area contributed by atoms with Gasteiger partial charge in [-0.15, -0.1) is 0 Å². The molecule has 376 valence electrons. The highest BCUT2D eigenvalue weighted by molar-refractivity contribution is 6.08. The van der Waals surface area contributed by atoms with Gasteiger partial charge >= 0.3 is 5.97 Å². The second-order valence-electron chi connectivity index (χ2n) is 20.2. The first-order valence-electron chi connectivity index (χ1n) is 24.9. The van der Waals surface area contributed by atoms with Crippen LogP contribution in [0.5, 0.6) is 0 Å². The quantitative estimate of drug-likeness (QED) is 0.0591. The summed E-state index contributed by atoms with van der Waals surface area (Å²) in [6, 6.07) is 0. The number of rotatable bonds is 13. The van der Waals surface area contributed by atoms with Crippen LogP contribution in [0, 0.1) is 23.7 Å². The molecule has 0 spiro atoms. The van der Waals surface area contributed by atoms with Crippen molar-refractivity contribution in [2.45, 2.75) is 178 Å². The van der Waals surface area contributed by atoms with E-state index >= 15 is 0 Å². The lowest BCUT2D eigenvalue weighted by Crippen LogP contribution is -2.50. The number of fused-ring (bicyclic) bond motifs is 9. The van der Waals surface area contributed by atoms with E-state index in [0.717, 1.165) is 29.6 Å². The summed E-state index contributed by atoms with van der Waals surface area (Å²) in [7, 11) is 5.63. The Morgan fingerprint density at radius 2 is 1.77 bits per heavy atom. The summed E-state index contributed by atoms with van der Waals surface area (Å²) in [5, 5.41) is 53.7. The average Bonchev–Trinajstić information content (AvgIpc) is 3.96. The number of aromatic nitrogens is 2. The van der Waals surface area contributed by atoms with Gasteiger partial charge in [0.1, 0.15) is 36.1 Å². The van der Waals surface area contributed by atoms with E-state index in [1.54, 1.807) is 18.4 Å². The van der Waals surface area contributed by atoms with E-state index in [4.69, 9.17) is 45.3 Å². The molecule has 4 fully saturated rings. The van der Waals surface area contributed by atoms with Crippen molar-refractivity contribution < 1.29 is 62.8 Å². The Morgan fingerprint density at radius 1 is 0.971 bits per heavy atom. The smallest absolute Gasteiger partial charge is 0.330 e. The third-order valence-corrected chi connectivity index (χ3v) is 14.2. The topological polar surface area (TPSA) is 216 Å². The minimum Gasteiger partial charge on any atom is -0.458 e. The number of esters is 1. The van der Waals surface area contributed by atoms with Crippen molar-refractivity contribution in [3.8, 4) is 0 Å². The van der Waals surface area contributed by atoms with Gasteiger partial charge in [-0.3, -0.25) is 0 Å². The molecule has 8 bridgehead atoms. The van der Waals surface area contributed by atoms with Crippen molar-refractivity contribution in [1.29, 1.82) is 0 Å². The van der Waals surface area contributed by atoms with Crippen LogP contribution in [0.15, 0.2) is 81.1 Å². The summed E-state index contributed by atoms with van der Waals surface area (Å²) >= 11 is 0. The van der Waals surface area contributed by atoms with Gasteiger partial charge in [0.15, 0.2) is 11.7 Å². The summed E-state index contributed by atoms with van der Waals surface area (Å²) in [6.45, 7) is 11.9. The number of hydrogen-bond donors (Lipinski definition) is 5. The number of ether oxygens (including phenoxy) is 5. The lowest BCUT2D eigenvalue weighted by atomic mass is 9.79. The number of hydrogen-bond acceptors (Lipinski definition) is 15. The molecule has 0 aliphatic carbocycles. The lowest BCUT2D eigenvalue weighted by molar-refractivity contribution is -0.279. The maximum atomic E-state index is 13.5. The molecule has 0 aromatic carbocycles. The Balaban J connectivity index is 1.06. The van der Waals surface area contributed by atoms with Gasteiger partial charge in [-0.2, -0.15) is 0 Å². The van der Waals surface area contributed by atoms with Crippen LogP contribution in [-0.2, 0) is 34.9 Å². The van der Waals surface area contributed by atoms with Gasteiger partial charge < -0.3 is 58.1 Å². The summed E-state index contributed by atoms with van der Waals surface area (Å²) in [5.41, 5.74) is 3.76. The first-order chi connectivity index (χ1) is 33.1. The maximum absolute atomic E-state index is 13.5. The molecule has 2 aromatic heterocycles. The SMILES string of the molecule is [B]CCC[C@H](/C=C/C(C)=C/[C@@H](O)[C@H]1C[C@@H](CO)C[C@@](O)(Cc2nc(/C=C(\C)[C@@H]3O[C@@H]4C/C=C/c5nc(co5)[C@H]5C[C@H](O)C[C@@H](C[C@H]6CC(=C)C[C@H](C/C=C\C(=O)O[C@@H]([C@H]4C)[C@H]3C)O6)O5)co2)O1)CO. The van der Waals surface area contributed by atoms with E-state index in [-0.39, 0.29) is 80.0 Å². The first kappa shape index (κ1) is 52.8. The van der Waals surface area contributed by atoms with Crippen LogP contribution in [0.4, 0.5) is 0 Å². The highest BCUT2D eigenvalue weighted by Gasteiger charge is 2.45. The lowest BCUT2D eigenvalue weighted by Gasteiger charge is -2.44. The van der Waals surface area contributed by atoms with Gasteiger partial charge in [0.2, 0.25) is 5.89 Å². The van der Waals surface area contributed by atoms with E-state index in [1.807, 2.05) is 58.1 Å². The van der Waals surface area contributed by atoms with Crippen molar-refractivity contribution in [2.24, 2.45) is 23.7 Å². The van der Waals surface area contributed by atoms with E-state index in [0.29, 0.717) is 75.0 Å². The number of carbonyl (C=O) groups excluding carboxylic acids is 1. The number of nitrogens with zero attached hydrogens (tertiary/aromatic N) is 2. The molecule has 69 heavy (non-hydrogen) atoms. The molecule has 5 aliphatic heterocycles. The molecule has 5 N–H and O–H groups in total. The molecule has 2 radical (unpaired) electrons. The predicted molar refractivity (Wildman–Crippen MR) is 258 cm³/mol. The van der Waals surface area contributed by atoms with Crippen LogP contribution in [0.25, 0.3) is 12.2 Å².